The fourth-order valence-electron chi connectivity index (χ4n) is 3.89. The normalized spacial score (nSPS) is 14.1. The van der Waals surface area contributed by atoms with Crippen LogP contribution in [-0.2, 0) is 6.42 Å². The van der Waals surface area contributed by atoms with Crippen molar-refractivity contribution in [2.24, 2.45) is 0 Å². The SMILES string of the molecule is Cc1nc(C)c(Cc2ccc(F)cc2)c(N2CCN(C(=O)c3ccc(Br)cc3)CC2)n1. The summed E-state index contributed by atoms with van der Waals surface area (Å²) < 4.78 is 14.3. The van der Waals surface area contributed by atoms with Crippen molar-refractivity contribution in [2.75, 3.05) is 31.1 Å². The summed E-state index contributed by atoms with van der Waals surface area (Å²) in [6.45, 7) is 6.55. The van der Waals surface area contributed by atoms with Gasteiger partial charge in [-0.1, -0.05) is 28.1 Å². The Hall–Kier alpha value is -2.80. The lowest BCUT2D eigenvalue weighted by atomic mass is 10.0. The predicted molar refractivity (Wildman–Crippen MR) is 123 cm³/mol. The van der Waals surface area contributed by atoms with Gasteiger partial charge in [-0.15, -0.1) is 0 Å². The second-order valence-corrected chi connectivity index (χ2v) is 8.66. The molecule has 7 heteroatoms. The van der Waals surface area contributed by atoms with E-state index in [9.17, 15) is 9.18 Å². The summed E-state index contributed by atoms with van der Waals surface area (Å²) in [5.41, 5.74) is 3.69. The third-order valence-corrected chi connectivity index (χ3v) is 6.08. The highest BCUT2D eigenvalue weighted by atomic mass is 79.9. The maximum atomic E-state index is 13.3. The number of anilines is 1. The van der Waals surface area contributed by atoms with E-state index in [0.29, 0.717) is 38.2 Å². The first kappa shape index (κ1) is 21.4. The van der Waals surface area contributed by atoms with Gasteiger partial charge in [0.15, 0.2) is 0 Å². The Morgan fingerprint density at radius 1 is 0.968 bits per heavy atom. The van der Waals surface area contributed by atoms with Gasteiger partial charge in [-0.3, -0.25) is 4.79 Å². The standard InChI is InChI=1S/C24H24BrFN4O/c1-16-22(15-18-3-9-21(26)10-4-18)23(28-17(2)27-16)29-11-13-30(14-12-29)24(31)19-5-7-20(25)8-6-19/h3-10H,11-15H2,1-2H3. The lowest BCUT2D eigenvalue weighted by Gasteiger charge is -2.36. The zero-order valence-electron chi connectivity index (χ0n) is 17.6. The van der Waals surface area contributed by atoms with E-state index >= 15 is 0 Å². The number of rotatable bonds is 4. The van der Waals surface area contributed by atoms with Crippen LogP contribution in [0.2, 0.25) is 0 Å². The third-order valence-electron chi connectivity index (χ3n) is 5.56. The highest BCUT2D eigenvalue weighted by molar-refractivity contribution is 9.10. The molecule has 0 aliphatic carbocycles. The molecule has 0 radical (unpaired) electrons. The molecule has 0 N–H and O–H groups in total. The highest BCUT2D eigenvalue weighted by Crippen LogP contribution is 2.25. The first-order valence-corrected chi connectivity index (χ1v) is 11.1. The van der Waals surface area contributed by atoms with Crippen LogP contribution in [0.4, 0.5) is 10.2 Å². The van der Waals surface area contributed by atoms with Crippen LogP contribution in [0, 0.1) is 19.7 Å². The number of amides is 1. The minimum absolute atomic E-state index is 0.0498. The molecule has 1 aromatic heterocycles. The zero-order valence-corrected chi connectivity index (χ0v) is 19.2. The van der Waals surface area contributed by atoms with Crippen LogP contribution in [-0.4, -0.2) is 47.0 Å². The molecular weight excluding hydrogens is 459 g/mol. The number of carbonyl (C=O) groups is 1. The van der Waals surface area contributed by atoms with Gasteiger partial charge in [0.2, 0.25) is 0 Å². The fraction of sp³-hybridized carbons (Fsp3) is 0.292. The zero-order chi connectivity index (χ0) is 22.0. The van der Waals surface area contributed by atoms with Gasteiger partial charge >= 0.3 is 0 Å². The molecule has 160 valence electrons. The Morgan fingerprint density at radius 2 is 1.61 bits per heavy atom. The molecule has 1 amide bonds. The maximum Gasteiger partial charge on any atom is 0.253 e. The molecule has 1 aliphatic rings. The molecule has 0 unspecified atom stereocenters. The lowest BCUT2D eigenvalue weighted by molar-refractivity contribution is 0.0746. The van der Waals surface area contributed by atoms with Gasteiger partial charge in [0.25, 0.3) is 5.91 Å². The van der Waals surface area contributed by atoms with Crippen molar-refractivity contribution in [3.8, 4) is 0 Å². The smallest absolute Gasteiger partial charge is 0.253 e. The van der Waals surface area contributed by atoms with Crippen molar-refractivity contribution in [3.05, 3.63) is 87.0 Å². The number of benzene rings is 2. The molecule has 1 fully saturated rings. The van der Waals surface area contributed by atoms with Gasteiger partial charge in [0, 0.05) is 53.9 Å². The number of hydrogen-bond donors (Lipinski definition) is 0. The topological polar surface area (TPSA) is 49.3 Å². The Bertz CT molecular complexity index is 1080. The lowest BCUT2D eigenvalue weighted by Crippen LogP contribution is -2.49. The summed E-state index contributed by atoms with van der Waals surface area (Å²) in [7, 11) is 0. The van der Waals surface area contributed by atoms with Crippen LogP contribution in [0.1, 0.15) is 33.0 Å². The molecule has 1 aliphatic heterocycles. The Morgan fingerprint density at radius 3 is 2.26 bits per heavy atom. The average molecular weight is 483 g/mol. The molecule has 4 rings (SSSR count). The van der Waals surface area contributed by atoms with E-state index in [0.717, 1.165) is 32.9 Å². The van der Waals surface area contributed by atoms with Crippen LogP contribution in [0.5, 0.6) is 0 Å². The number of aromatic nitrogens is 2. The van der Waals surface area contributed by atoms with E-state index in [-0.39, 0.29) is 11.7 Å². The minimum Gasteiger partial charge on any atom is -0.353 e. The number of piperazine rings is 1. The number of halogens is 2. The molecule has 0 atom stereocenters. The van der Waals surface area contributed by atoms with Crippen molar-refractivity contribution in [3.63, 3.8) is 0 Å². The van der Waals surface area contributed by atoms with Crippen LogP contribution in [0.3, 0.4) is 0 Å². The van der Waals surface area contributed by atoms with Crippen molar-refractivity contribution in [1.29, 1.82) is 0 Å². The molecular formula is C24H24BrFN4O. The number of carbonyl (C=O) groups excluding carboxylic acids is 1. The Labute approximate surface area is 190 Å². The quantitative estimate of drug-likeness (QED) is 0.547. The van der Waals surface area contributed by atoms with Gasteiger partial charge in [-0.25, -0.2) is 14.4 Å². The van der Waals surface area contributed by atoms with Gasteiger partial charge in [0.1, 0.15) is 17.5 Å². The van der Waals surface area contributed by atoms with Gasteiger partial charge in [-0.2, -0.15) is 0 Å². The second-order valence-electron chi connectivity index (χ2n) is 7.75. The summed E-state index contributed by atoms with van der Waals surface area (Å²) >= 11 is 3.41. The number of hydrogen-bond acceptors (Lipinski definition) is 4. The molecule has 3 aromatic rings. The predicted octanol–water partition coefficient (Wildman–Crippen LogP) is 4.55. The van der Waals surface area contributed by atoms with Crippen molar-refractivity contribution < 1.29 is 9.18 Å². The van der Waals surface area contributed by atoms with Gasteiger partial charge < -0.3 is 9.80 Å². The molecule has 2 aromatic carbocycles. The third kappa shape index (κ3) is 4.93. The number of nitrogens with zero attached hydrogens (tertiary/aromatic N) is 4. The first-order chi connectivity index (χ1) is 14.9. The molecule has 0 bridgehead atoms. The Balaban J connectivity index is 1.51. The van der Waals surface area contributed by atoms with Crippen LogP contribution in [0.15, 0.2) is 53.0 Å². The minimum atomic E-state index is -0.243. The Kier molecular flexibility index (Phi) is 6.32. The molecule has 31 heavy (non-hydrogen) atoms. The van der Waals surface area contributed by atoms with Gasteiger partial charge in [-0.05, 0) is 55.8 Å². The van der Waals surface area contributed by atoms with Crippen LogP contribution in [0.25, 0.3) is 0 Å². The van der Waals surface area contributed by atoms with E-state index in [4.69, 9.17) is 4.98 Å². The highest BCUT2D eigenvalue weighted by Gasteiger charge is 2.25. The van der Waals surface area contributed by atoms with Crippen molar-refractivity contribution in [1.82, 2.24) is 14.9 Å². The second kappa shape index (κ2) is 9.14. The monoisotopic (exact) mass is 482 g/mol. The van der Waals surface area contributed by atoms with E-state index in [1.54, 1.807) is 12.1 Å². The number of aryl methyl sites for hydroxylation is 2. The van der Waals surface area contributed by atoms with E-state index in [1.807, 2.05) is 43.0 Å². The van der Waals surface area contributed by atoms with E-state index < -0.39 is 0 Å². The van der Waals surface area contributed by atoms with Crippen LogP contribution >= 0.6 is 15.9 Å². The first-order valence-electron chi connectivity index (χ1n) is 10.3. The summed E-state index contributed by atoms with van der Waals surface area (Å²) in [5.74, 6) is 1.44. The summed E-state index contributed by atoms with van der Waals surface area (Å²) in [6, 6.07) is 14.0. The van der Waals surface area contributed by atoms with E-state index in [2.05, 4.69) is 25.8 Å². The average Bonchev–Trinajstić information content (AvgIpc) is 2.77. The fourth-order valence-corrected chi connectivity index (χ4v) is 4.15. The van der Waals surface area contributed by atoms with Gasteiger partial charge in [0.05, 0.1) is 0 Å². The summed E-state index contributed by atoms with van der Waals surface area (Å²) in [6.07, 6.45) is 0.639. The molecule has 1 saturated heterocycles. The largest absolute Gasteiger partial charge is 0.353 e. The molecule has 5 nitrogen and oxygen atoms in total. The molecule has 0 saturated carbocycles. The maximum absolute atomic E-state index is 13.3. The van der Waals surface area contributed by atoms with Crippen LogP contribution < -0.4 is 4.90 Å². The van der Waals surface area contributed by atoms with Crippen molar-refractivity contribution in [2.45, 2.75) is 20.3 Å². The summed E-state index contributed by atoms with van der Waals surface area (Å²) in [4.78, 5) is 26.2. The summed E-state index contributed by atoms with van der Waals surface area (Å²) in [5, 5.41) is 0. The van der Waals surface area contributed by atoms with E-state index in [1.165, 1.54) is 12.1 Å². The molecule has 2 heterocycles. The van der Waals surface area contributed by atoms with Crippen molar-refractivity contribution >= 4 is 27.7 Å². The molecule has 0 spiro atoms.